The topological polar surface area (TPSA) is 84.2 Å². The van der Waals surface area contributed by atoms with Crippen LogP contribution in [0.25, 0.3) is 0 Å². The van der Waals surface area contributed by atoms with E-state index in [9.17, 15) is 26.4 Å². The number of hydrogen-bond acceptors (Lipinski definition) is 5. The minimum absolute atomic E-state index is 0.222. The molecular weight excluding hydrogens is 287 g/mol. The highest BCUT2D eigenvalue weighted by atomic mass is 32.2. The second-order valence-corrected chi connectivity index (χ2v) is 5.17. The molecule has 19 heavy (non-hydrogen) atoms. The molecule has 1 rings (SSSR count). The van der Waals surface area contributed by atoms with Gasteiger partial charge in [-0.1, -0.05) is 0 Å². The van der Waals surface area contributed by atoms with Crippen LogP contribution in [0.2, 0.25) is 0 Å². The zero-order valence-corrected chi connectivity index (χ0v) is 10.2. The number of rotatable bonds is 2. The maximum atomic E-state index is 12.4. The van der Waals surface area contributed by atoms with E-state index >= 15 is 0 Å². The summed E-state index contributed by atoms with van der Waals surface area (Å²) in [5, 5.41) is 8.69. The third kappa shape index (κ3) is 2.68. The van der Waals surface area contributed by atoms with Crippen LogP contribution in [0.1, 0.15) is 15.9 Å². The van der Waals surface area contributed by atoms with E-state index in [2.05, 4.69) is 4.74 Å². The summed E-state index contributed by atoms with van der Waals surface area (Å²) in [6.45, 7) is 0. The monoisotopic (exact) mass is 293 g/mol. The van der Waals surface area contributed by atoms with Gasteiger partial charge in [0.05, 0.1) is 23.1 Å². The molecule has 0 saturated carbocycles. The Kier molecular flexibility index (Phi) is 3.86. The molecule has 1 aromatic carbocycles. The van der Waals surface area contributed by atoms with Crippen molar-refractivity contribution in [1.82, 2.24) is 0 Å². The Hall–Kier alpha value is -2.08. The molecule has 0 aromatic heterocycles. The largest absolute Gasteiger partial charge is 0.501 e. The standard InChI is InChI=1S/C10H6F3NO4S/c1-18-9(15)6-2-3-8(7(4-6)5-14)19(16,17)10(11,12)13/h2-4H,1H3. The summed E-state index contributed by atoms with van der Waals surface area (Å²) in [6.07, 6.45) is 0. The first-order valence-electron chi connectivity index (χ1n) is 4.59. The molecule has 5 nitrogen and oxygen atoms in total. The van der Waals surface area contributed by atoms with Crippen molar-refractivity contribution in [2.24, 2.45) is 0 Å². The molecule has 9 heteroatoms. The molecule has 0 spiro atoms. The summed E-state index contributed by atoms with van der Waals surface area (Å²) in [5.74, 6) is -0.896. The van der Waals surface area contributed by atoms with Gasteiger partial charge in [-0.3, -0.25) is 0 Å². The molecule has 0 fully saturated rings. The van der Waals surface area contributed by atoms with E-state index in [0.717, 1.165) is 19.2 Å². The summed E-state index contributed by atoms with van der Waals surface area (Å²) in [5.41, 5.74) is -6.52. The molecule has 1 aromatic rings. The van der Waals surface area contributed by atoms with Gasteiger partial charge in [0, 0.05) is 0 Å². The first kappa shape index (κ1) is 15.0. The van der Waals surface area contributed by atoms with Gasteiger partial charge in [-0.25, -0.2) is 13.2 Å². The van der Waals surface area contributed by atoms with Crippen molar-refractivity contribution in [3.63, 3.8) is 0 Å². The molecule has 102 valence electrons. The Labute approximate surface area is 106 Å². The Morgan fingerprint density at radius 3 is 2.37 bits per heavy atom. The van der Waals surface area contributed by atoms with Crippen LogP contribution in [0.4, 0.5) is 13.2 Å². The van der Waals surface area contributed by atoms with E-state index in [-0.39, 0.29) is 5.56 Å². The molecule has 0 aliphatic carbocycles. The molecule has 0 N–H and O–H groups in total. The minimum atomic E-state index is -5.64. The van der Waals surface area contributed by atoms with Gasteiger partial charge < -0.3 is 4.74 Å². The zero-order chi connectivity index (χ0) is 14.8. The lowest BCUT2D eigenvalue weighted by atomic mass is 10.1. The zero-order valence-electron chi connectivity index (χ0n) is 9.35. The number of methoxy groups -OCH3 is 1. The lowest BCUT2D eigenvalue weighted by Gasteiger charge is -2.10. The molecule has 0 aliphatic rings. The number of esters is 1. The maximum Gasteiger partial charge on any atom is 0.501 e. The van der Waals surface area contributed by atoms with Crippen molar-refractivity contribution in [1.29, 1.82) is 5.26 Å². The summed E-state index contributed by atoms with van der Waals surface area (Å²) >= 11 is 0. The molecule has 0 bridgehead atoms. The number of nitrogens with zero attached hydrogens (tertiary/aromatic N) is 1. The van der Waals surface area contributed by atoms with Crippen LogP contribution in [-0.4, -0.2) is 27.0 Å². The molecule has 0 aliphatic heterocycles. The Bertz CT molecular complexity index is 658. The number of sulfone groups is 1. The molecule has 0 amide bonds. The minimum Gasteiger partial charge on any atom is -0.465 e. The van der Waals surface area contributed by atoms with E-state index in [1.165, 1.54) is 6.07 Å². The average molecular weight is 293 g/mol. The molecule has 0 heterocycles. The van der Waals surface area contributed by atoms with Crippen molar-refractivity contribution in [3.05, 3.63) is 29.3 Å². The summed E-state index contributed by atoms with van der Waals surface area (Å²) in [6, 6.07) is 3.42. The van der Waals surface area contributed by atoms with Crippen LogP contribution >= 0.6 is 0 Å². The molecule has 0 radical (unpaired) electrons. The van der Waals surface area contributed by atoms with Gasteiger partial charge in [-0.05, 0) is 18.2 Å². The van der Waals surface area contributed by atoms with E-state index in [1.807, 2.05) is 0 Å². The number of halogens is 3. The second-order valence-electron chi connectivity index (χ2n) is 3.26. The van der Waals surface area contributed by atoms with Gasteiger partial charge in [-0.15, -0.1) is 0 Å². The lowest BCUT2D eigenvalue weighted by Crippen LogP contribution is -2.24. The van der Waals surface area contributed by atoms with Crippen LogP contribution in [-0.2, 0) is 14.6 Å². The number of nitriles is 1. The number of carbonyl (C=O) groups is 1. The van der Waals surface area contributed by atoms with Crippen LogP contribution in [0, 0.1) is 11.3 Å². The van der Waals surface area contributed by atoms with Gasteiger partial charge >= 0.3 is 11.5 Å². The quantitative estimate of drug-likeness (QED) is 0.774. The predicted octanol–water partition coefficient (Wildman–Crippen LogP) is 1.64. The highest BCUT2D eigenvalue weighted by Crippen LogP contribution is 2.32. The summed E-state index contributed by atoms with van der Waals surface area (Å²) in [7, 11) is -4.61. The Morgan fingerprint density at radius 1 is 1.37 bits per heavy atom. The van der Waals surface area contributed by atoms with Crippen molar-refractivity contribution in [2.45, 2.75) is 10.4 Å². The fraction of sp³-hybridized carbons (Fsp3) is 0.200. The summed E-state index contributed by atoms with van der Waals surface area (Å²) < 4.78 is 63.8. The van der Waals surface area contributed by atoms with Crippen molar-refractivity contribution in [2.75, 3.05) is 7.11 Å². The fourth-order valence-electron chi connectivity index (χ4n) is 1.22. The van der Waals surface area contributed by atoms with Crippen LogP contribution < -0.4 is 0 Å². The third-order valence-electron chi connectivity index (χ3n) is 2.12. The van der Waals surface area contributed by atoms with E-state index in [0.29, 0.717) is 6.07 Å². The van der Waals surface area contributed by atoms with Gasteiger partial charge in [0.25, 0.3) is 9.84 Å². The fourth-order valence-corrected chi connectivity index (χ4v) is 2.11. The van der Waals surface area contributed by atoms with Gasteiger partial charge in [0.2, 0.25) is 0 Å². The first-order chi connectivity index (χ1) is 8.65. The van der Waals surface area contributed by atoms with Crippen molar-refractivity contribution >= 4 is 15.8 Å². The normalized spacial score (nSPS) is 11.7. The summed E-state index contributed by atoms with van der Waals surface area (Å²) in [4.78, 5) is 9.94. The maximum absolute atomic E-state index is 12.4. The van der Waals surface area contributed by atoms with Gasteiger partial charge in [0.1, 0.15) is 6.07 Å². The third-order valence-corrected chi connectivity index (χ3v) is 3.66. The molecule has 0 saturated heterocycles. The number of carbonyl (C=O) groups excluding carboxylic acids is 1. The number of benzene rings is 1. The SMILES string of the molecule is COC(=O)c1ccc(S(=O)(=O)C(F)(F)F)c(C#N)c1. The van der Waals surface area contributed by atoms with Crippen LogP contribution in [0.3, 0.4) is 0 Å². The van der Waals surface area contributed by atoms with Crippen LogP contribution in [0.15, 0.2) is 23.1 Å². The second kappa shape index (κ2) is 4.89. The van der Waals surface area contributed by atoms with E-state index in [1.54, 1.807) is 0 Å². The highest BCUT2D eigenvalue weighted by Gasteiger charge is 2.48. The number of alkyl halides is 3. The average Bonchev–Trinajstić information content (AvgIpc) is 2.35. The van der Waals surface area contributed by atoms with Crippen molar-refractivity contribution in [3.8, 4) is 6.07 Å². The van der Waals surface area contributed by atoms with E-state index in [4.69, 9.17) is 5.26 Å². The molecule has 0 atom stereocenters. The van der Waals surface area contributed by atoms with Gasteiger partial charge in [0.15, 0.2) is 0 Å². The van der Waals surface area contributed by atoms with E-state index < -0.39 is 31.8 Å². The first-order valence-corrected chi connectivity index (χ1v) is 6.07. The highest BCUT2D eigenvalue weighted by molar-refractivity contribution is 7.92. The Morgan fingerprint density at radius 2 is 1.95 bits per heavy atom. The van der Waals surface area contributed by atoms with Gasteiger partial charge in [-0.2, -0.15) is 18.4 Å². The smallest absolute Gasteiger partial charge is 0.465 e. The molecular formula is C10H6F3NO4S. The molecule has 0 unspecified atom stereocenters. The Balaban J connectivity index is 3.50. The lowest BCUT2D eigenvalue weighted by molar-refractivity contribution is -0.0436. The van der Waals surface area contributed by atoms with Crippen molar-refractivity contribution < 1.29 is 31.1 Å². The predicted molar refractivity (Wildman–Crippen MR) is 55.7 cm³/mol. The van der Waals surface area contributed by atoms with Crippen LogP contribution in [0.5, 0.6) is 0 Å². The number of hydrogen-bond donors (Lipinski definition) is 0. The number of ether oxygens (including phenoxy) is 1.